The second kappa shape index (κ2) is 5.74. The fourth-order valence-corrected chi connectivity index (χ4v) is 1.68. The molecule has 21 heavy (non-hydrogen) atoms. The Balaban J connectivity index is 2.15. The second-order valence-corrected chi connectivity index (χ2v) is 4.82. The molecule has 0 fully saturated rings. The van der Waals surface area contributed by atoms with Crippen molar-refractivity contribution in [3.05, 3.63) is 42.6 Å². The molecule has 0 saturated carbocycles. The summed E-state index contributed by atoms with van der Waals surface area (Å²) in [6.07, 6.45) is 6.65. The quantitative estimate of drug-likeness (QED) is 0.863. The molecule has 110 valence electrons. The van der Waals surface area contributed by atoms with E-state index in [1.807, 2.05) is 0 Å². The molecule has 0 aliphatic heterocycles. The molecule has 0 bridgehead atoms. The predicted octanol–water partition coefficient (Wildman–Crippen LogP) is 1.25. The minimum atomic E-state index is -1.29. The maximum absolute atomic E-state index is 12.1. The van der Waals surface area contributed by atoms with E-state index < -0.39 is 17.4 Å². The first kappa shape index (κ1) is 14.7. The normalized spacial score (nSPS) is 13.4. The summed E-state index contributed by atoms with van der Waals surface area (Å²) in [7, 11) is 0. The van der Waals surface area contributed by atoms with Crippen molar-refractivity contribution in [3.8, 4) is 5.82 Å². The highest BCUT2D eigenvalue weighted by Gasteiger charge is 2.33. The number of pyridine rings is 1. The summed E-state index contributed by atoms with van der Waals surface area (Å²) < 4.78 is 1.70. The van der Waals surface area contributed by atoms with E-state index in [1.54, 1.807) is 42.3 Å². The lowest BCUT2D eigenvalue weighted by Crippen LogP contribution is -2.51. The van der Waals surface area contributed by atoms with Crippen LogP contribution in [-0.4, -0.2) is 37.1 Å². The van der Waals surface area contributed by atoms with E-state index in [9.17, 15) is 9.59 Å². The van der Waals surface area contributed by atoms with Crippen LogP contribution in [-0.2, 0) is 4.79 Å². The van der Waals surface area contributed by atoms with Crippen LogP contribution in [0.25, 0.3) is 5.82 Å². The van der Waals surface area contributed by atoms with Gasteiger partial charge in [0.05, 0.1) is 5.56 Å². The monoisotopic (exact) mass is 288 g/mol. The van der Waals surface area contributed by atoms with Crippen LogP contribution in [0.1, 0.15) is 30.6 Å². The van der Waals surface area contributed by atoms with Crippen LogP contribution in [0.5, 0.6) is 0 Å². The molecule has 0 spiro atoms. The number of carboxylic acid groups (broad SMARTS) is 1. The number of carbonyl (C=O) groups excluding carboxylic acids is 1. The second-order valence-electron chi connectivity index (χ2n) is 4.82. The standard InChI is InChI=1S/C14H16N4O3/c1-3-14(2,13(20)21)17-12(19)10-4-5-11(16-8-10)18-7-6-15-9-18/h4-9H,3H2,1-2H3,(H,17,19)(H,20,21). The summed E-state index contributed by atoms with van der Waals surface area (Å²) in [6.45, 7) is 3.18. The predicted molar refractivity (Wildman–Crippen MR) is 75.2 cm³/mol. The molecule has 7 nitrogen and oxygen atoms in total. The van der Waals surface area contributed by atoms with Crippen LogP contribution in [0.4, 0.5) is 0 Å². The lowest BCUT2D eigenvalue weighted by atomic mass is 9.99. The van der Waals surface area contributed by atoms with E-state index in [4.69, 9.17) is 5.11 Å². The molecule has 2 rings (SSSR count). The molecule has 1 atom stereocenters. The maximum atomic E-state index is 12.1. The topological polar surface area (TPSA) is 97.1 Å². The Kier molecular flexibility index (Phi) is 4.02. The van der Waals surface area contributed by atoms with Crippen LogP contribution < -0.4 is 5.32 Å². The van der Waals surface area contributed by atoms with Crippen LogP contribution in [0, 0.1) is 0 Å². The third-order valence-corrected chi connectivity index (χ3v) is 3.35. The third kappa shape index (κ3) is 3.07. The first-order valence-electron chi connectivity index (χ1n) is 6.46. The van der Waals surface area contributed by atoms with Crippen molar-refractivity contribution in [1.29, 1.82) is 0 Å². The van der Waals surface area contributed by atoms with Gasteiger partial charge in [-0.1, -0.05) is 6.92 Å². The molecule has 0 saturated heterocycles. The van der Waals surface area contributed by atoms with E-state index >= 15 is 0 Å². The van der Waals surface area contributed by atoms with Crippen molar-refractivity contribution in [2.45, 2.75) is 25.8 Å². The summed E-state index contributed by atoms with van der Waals surface area (Å²) >= 11 is 0. The fourth-order valence-electron chi connectivity index (χ4n) is 1.68. The Morgan fingerprint density at radius 2 is 2.19 bits per heavy atom. The lowest BCUT2D eigenvalue weighted by Gasteiger charge is -2.24. The van der Waals surface area contributed by atoms with Crippen LogP contribution >= 0.6 is 0 Å². The summed E-state index contributed by atoms with van der Waals surface area (Å²) in [4.78, 5) is 31.3. The average Bonchev–Trinajstić information content (AvgIpc) is 3.01. The molecular weight excluding hydrogens is 272 g/mol. The Morgan fingerprint density at radius 3 is 2.67 bits per heavy atom. The van der Waals surface area contributed by atoms with Gasteiger partial charge in [-0.2, -0.15) is 0 Å². The Labute approximate surface area is 121 Å². The van der Waals surface area contributed by atoms with Gasteiger partial charge in [0.2, 0.25) is 0 Å². The van der Waals surface area contributed by atoms with Gasteiger partial charge in [-0.3, -0.25) is 9.36 Å². The smallest absolute Gasteiger partial charge is 0.329 e. The molecule has 7 heteroatoms. The van der Waals surface area contributed by atoms with Crippen molar-refractivity contribution in [3.63, 3.8) is 0 Å². The van der Waals surface area contributed by atoms with Gasteiger partial charge >= 0.3 is 5.97 Å². The SMILES string of the molecule is CCC(C)(NC(=O)c1ccc(-n2ccnc2)nc1)C(=O)O. The summed E-state index contributed by atoms with van der Waals surface area (Å²) in [5.74, 6) is -0.909. The molecular formula is C14H16N4O3. The number of carboxylic acids is 1. The number of carbonyl (C=O) groups is 2. The van der Waals surface area contributed by atoms with Gasteiger partial charge in [0.25, 0.3) is 5.91 Å². The Morgan fingerprint density at radius 1 is 1.43 bits per heavy atom. The number of aliphatic carboxylic acids is 1. The number of amides is 1. The summed E-state index contributed by atoms with van der Waals surface area (Å²) in [6, 6.07) is 3.26. The van der Waals surface area contributed by atoms with Gasteiger partial charge in [0.1, 0.15) is 17.7 Å². The number of imidazole rings is 1. The van der Waals surface area contributed by atoms with Crippen LogP contribution in [0.15, 0.2) is 37.1 Å². The van der Waals surface area contributed by atoms with Crippen LogP contribution in [0.3, 0.4) is 0 Å². The zero-order chi connectivity index (χ0) is 15.5. The molecule has 1 unspecified atom stereocenters. The van der Waals surface area contributed by atoms with Gasteiger partial charge in [0, 0.05) is 18.6 Å². The van der Waals surface area contributed by atoms with E-state index in [-0.39, 0.29) is 6.42 Å². The highest BCUT2D eigenvalue weighted by Crippen LogP contribution is 2.12. The third-order valence-electron chi connectivity index (χ3n) is 3.35. The zero-order valence-corrected chi connectivity index (χ0v) is 11.8. The van der Waals surface area contributed by atoms with Crippen molar-refractivity contribution >= 4 is 11.9 Å². The molecule has 0 radical (unpaired) electrons. The Hall–Kier alpha value is -2.70. The van der Waals surface area contributed by atoms with Crippen molar-refractivity contribution in [2.75, 3.05) is 0 Å². The highest BCUT2D eigenvalue weighted by atomic mass is 16.4. The number of hydrogen-bond acceptors (Lipinski definition) is 4. The number of hydrogen-bond donors (Lipinski definition) is 2. The molecule has 0 aliphatic rings. The van der Waals surface area contributed by atoms with E-state index in [0.29, 0.717) is 11.4 Å². The minimum Gasteiger partial charge on any atom is -0.480 e. The largest absolute Gasteiger partial charge is 0.480 e. The number of aromatic nitrogens is 3. The number of nitrogens with zero attached hydrogens (tertiary/aromatic N) is 3. The van der Waals surface area contributed by atoms with Gasteiger partial charge in [0.15, 0.2) is 0 Å². The van der Waals surface area contributed by atoms with Gasteiger partial charge < -0.3 is 10.4 Å². The maximum Gasteiger partial charge on any atom is 0.329 e. The summed E-state index contributed by atoms with van der Waals surface area (Å²) in [5, 5.41) is 11.7. The van der Waals surface area contributed by atoms with Crippen molar-refractivity contribution in [2.24, 2.45) is 0 Å². The molecule has 2 heterocycles. The zero-order valence-electron chi connectivity index (χ0n) is 11.8. The van der Waals surface area contributed by atoms with E-state index in [0.717, 1.165) is 0 Å². The van der Waals surface area contributed by atoms with Crippen molar-refractivity contribution < 1.29 is 14.7 Å². The summed E-state index contributed by atoms with van der Waals surface area (Å²) in [5.41, 5.74) is -0.986. The molecule has 0 aromatic carbocycles. The molecule has 2 N–H and O–H groups in total. The Bertz CT molecular complexity index is 637. The molecule has 1 amide bonds. The first-order valence-corrected chi connectivity index (χ1v) is 6.46. The number of nitrogens with one attached hydrogen (secondary N) is 1. The van der Waals surface area contributed by atoms with E-state index in [2.05, 4.69) is 15.3 Å². The number of rotatable bonds is 5. The highest BCUT2D eigenvalue weighted by molar-refractivity contribution is 5.97. The molecule has 0 aliphatic carbocycles. The van der Waals surface area contributed by atoms with Crippen molar-refractivity contribution in [1.82, 2.24) is 19.9 Å². The molecule has 2 aromatic rings. The fraction of sp³-hybridized carbons (Fsp3) is 0.286. The lowest BCUT2D eigenvalue weighted by molar-refractivity contribution is -0.143. The average molecular weight is 288 g/mol. The van der Waals surface area contributed by atoms with Gasteiger partial charge in [-0.15, -0.1) is 0 Å². The van der Waals surface area contributed by atoms with Gasteiger partial charge in [-0.25, -0.2) is 14.8 Å². The molecule has 2 aromatic heterocycles. The minimum absolute atomic E-state index is 0.286. The van der Waals surface area contributed by atoms with Crippen LogP contribution in [0.2, 0.25) is 0 Å². The van der Waals surface area contributed by atoms with Gasteiger partial charge in [-0.05, 0) is 25.5 Å². The first-order chi connectivity index (χ1) is 9.96. The van der Waals surface area contributed by atoms with E-state index in [1.165, 1.54) is 13.1 Å².